The van der Waals surface area contributed by atoms with E-state index in [2.05, 4.69) is 15.1 Å². The number of rotatable bonds is 4. The lowest BCUT2D eigenvalue weighted by atomic mass is 10.0. The molecule has 0 spiro atoms. The normalized spacial score (nSPS) is 15.1. The van der Waals surface area contributed by atoms with Gasteiger partial charge in [0.15, 0.2) is 5.03 Å². The van der Waals surface area contributed by atoms with Gasteiger partial charge in [0, 0.05) is 35.2 Å². The van der Waals surface area contributed by atoms with Gasteiger partial charge in [0.05, 0.1) is 16.3 Å². The van der Waals surface area contributed by atoms with Crippen LogP contribution in [0.1, 0.15) is 24.3 Å². The Balaban J connectivity index is 1.57. The summed E-state index contributed by atoms with van der Waals surface area (Å²) in [6.07, 6.45) is 7.13. The van der Waals surface area contributed by atoms with E-state index in [1.54, 1.807) is 23.3 Å². The molecule has 1 fully saturated rings. The van der Waals surface area contributed by atoms with E-state index in [1.807, 2.05) is 36.4 Å². The van der Waals surface area contributed by atoms with Crippen LogP contribution in [0.25, 0.3) is 28.0 Å². The number of fused-ring (bicyclic) bond motifs is 1. The molecule has 0 N–H and O–H groups in total. The number of aromatic nitrogens is 4. The topological polar surface area (TPSA) is 60.7 Å². The SMILES string of the molecule is CS(=O)c1nn(-c2ncc(-c3cc(C4CC4)ccc3F)cn2)c2ccccc12. The molecule has 1 saturated carbocycles. The van der Waals surface area contributed by atoms with Crippen LogP contribution in [0.15, 0.2) is 59.9 Å². The monoisotopic (exact) mass is 392 g/mol. The van der Waals surface area contributed by atoms with Gasteiger partial charge in [0.25, 0.3) is 5.95 Å². The first-order valence-corrected chi connectivity index (χ1v) is 10.6. The maximum Gasteiger partial charge on any atom is 0.251 e. The first kappa shape index (κ1) is 17.2. The van der Waals surface area contributed by atoms with E-state index in [1.165, 1.54) is 6.07 Å². The Morgan fingerprint density at radius 3 is 2.57 bits per heavy atom. The molecule has 0 saturated heterocycles. The molecule has 0 amide bonds. The minimum atomic E-state index is -1.23. The predicted molar refractivity (Wildman–Crippen MR) is 106 cm³/mol. The summed E-state index contributed by atoms with van der Waals surface area (Å²) in [6, 6.07) is 12.8. The molecular weight excluding hydrogens is 375 g/mol. The number of hydrogen-bond donors (Lipinski definition) is 0. The lowest BCUT2D eigenvalue weighted by molar-refractivity contribution is 0.630. The second-order valence-electron chi connectivity index (χ2n) is 6.97. The highest BCUT2D eigenvalue weighted by atomic mass is 32.2. The highest BCUT2D eigenvalue weighted by Crippen LogP contribution is 2.41. The van der Waals surface area contributed by atoms with Gasteiger partial charge in [-0.05, 0) is 48.6 Å². The van der Waals surface area contributed by atoms with Crippen LogP contribution < -0.4 is 0 Å². The molecule has 0 radical (unpaired) electrons. The predicted octanol–water partition coefficient (Wildman–Crippen LogP) is 4.24. The van der Waals surface area contributed by atoms with Crippen molar-refractivity contribution in [1.82, 2.24) is 19.7 Å². The third-order valence-electron chi connectivity index (χ3n) is 5.00. The fraction of sp³-hybridized carbons (Fsp3) is 0.190. The van der Waals surface area contributed by atoms with Crippen molar-refractivity contribution in [3.05, 3.63) is 66.2 Å². The third kappa shape index (κ3) is 2.92. The Morgan fingerprint density at radius 1 is 1.11 bits per heavy atom. The molecule has 7 heteroatoms. The second-order valence-corrected chi connectivity index (χ2v) is 8.27. The van der Waals surface area contributed by atoms with Gasteiger partial charge >= 0.3 is 0 Å². The molecule has 4 aromatic rings. The van der Waals surface area contributed by atoms with E-state index in [4.69, 9.17) is 0 Å². The van der Waals surface area contributed by atoms with Crippen molar-refractivity contribution in [2.45, 2.75) is 23.8 Å². The molecule has 2 aromatic carbocycles. The molecule has 0 aliphatic heterocycles. The zero-order valence-corrected chi connectivity index (χ0v) is 16.0. The summed E-state index contributed by atoms with van der Waals surface area (Å²) in [5.41, 5.74) is 3.08. The standard InChI is InChI=1S/C21H17FN4OS/c1-28(27)20-16-4-2-3-5-19(16)26(25-20)21-23-11-15(12-24-21)17-10-14(13-6-7-13)8-9-18(17)22/h2-5,8-13H,6-7H2,1H3. The summed E-state index contributed by atoms with van der Waals surface area (Å²) in [6.45, 7) is 0. The van der Waals surface area contributed by atoms with E-state index in [0.717, 1.165) is 29.3 Å². The Bertz CT molecular complexity index is 1220. The van der Waals surface area contributed by atoms with Gasteiger partial charge in [0.2, 0.25) is 0 Å². The number of para-hydroxylation sites is 1. The summed E-state index contributed by atoms with van der Waals surface area (Å²) in [5, 5.41) is 5.74. The van der Waals surface area contributed by atoms with Crippen molar-refractivity contribution in [3.8, 4) is 17.1 Å². The average Bonchev–Trinajstić information content (AvgIpc) is 3.48. The van der Waals surface area contributed by atoms with E-state index in [-0.39, 0.29) is 5.82 Å². The minimum Gasteiger partial charge on any atom is -0.253 e. The van der Waals surface area contributed by atoms with Gasteiger partial charge in [-0.3, -0.25) is 4.21 Å². The molecule has 1 aliphatic rings. The number of nitrogens with zero attached hydrogens (tertiary/aromatic N) is 4. The molecule has 5 nitrogen and oxygen atoms in total. The highest BCUT2D eigenvalue weighted by Gasteiger charge is 2.24. The van der Waals surface area contributed by atoms with Crippen LogP contribution >= 0.6 is 0 Å². The fourth-order valence-corrected chi connectivity index (χ4v) is 4.09. The molecule has 140 valence electrons. The van der Waals surface area contributed by atoms with Gasteiger partial charge in [0.1, 0.15) is 5.82 Å². The van der Waals surface area contributed by atoms with Gasteiger partial charge in [-0.2, -0.15) is 9.78 Å². The quantitative estimate of drug-likeness (QED) is 0.521. The van der Waals surface area contributed by atoms with Crippen LogP contribution in [0.2, 0.25) is 0 Å². The summed E-state index contributed by atoms with van der Waals surface area (Å²) < 4.78 is 28.0. The fourth-order valence-electron chi connectivity index (χ4n) is 3.41. The van der Waals surface area contributed by atoms with E-state index in [0.29, 0.717) is 28.0 Å². The molecule has 28 heavy (non-hydrogen) atoms. The van der Waals surface area contributed by atoms with Crippen LogP contribution in [0.5, 0.6) is 0 Å². The van der Waals surface area contributed by atoms with Crippen LogP contribution in [0.3, 0.4) is 0 Å². The molecule has 1 aliphatic carbocycles. The summed E-state index contributed by atoms with van der Waals surface area (Å²) in [7, 11) is -1.23. The summed E-state index contributed by atoms with van der Waals surface area (Å²) in [4.78, 5) is 8.81. The lowest BCUT2D eigenvalue weighted by Gasteiger charge is -2.07. The number of benzene rings is 2. The van der Waals surface area contributed by atoms with Crippen molar-refractivity contribution in [2.75, 3.05) is 6.26 Å². The Kier molecular flexibility index (Phi) is 4.05. The molecular formula is C21H17FN4OS. The molecule has 5 rings (SSSR count). The average molecular weight is 392 g/mol. The smallest absolute Gasteiger partial charge is 0.251 e. The van der Waals surface area contributed by atoms with Crippen LogP contribution in [-0.4, -0.2) is 30.2 Å². The molecule has 2 aromatic heterocycles. The van der Waals surface area contributed by atoms with Crippen LogP contribution in [0, 0.1) is 5.82 Å². The van der Waals surface area contributed by atoms with Crippen molar-refractivity contribution in [2.24, 2.45) is 0 Å². The zero-order chi connectivity index (χ0) is 19.3. The third-order valence-corrected chi connectivity index (χ3v) is 5.85. The lowest BCUT2D eigenvalue weighted by Crippen LogP contribution is -2.03. The van der Waals surface area contributed by atoms with E-state index < -0.39 is 10.8 Å². The Hall–Kier alpha value is -2.93. The molecule has 1 atom stereocenters. The largest absolute Gasteiger partial charge is 0.253 e. The number of hydrogen-bond acceptors (Lipinski definition) is 4. The molecule has 0 bridgehead atoms. The van der Waals surface area contributed by atoms with Crippen LogP contribution in [-0.2, 0) is 10.8 Å². The first-order chi connectivity index (χ1) is 13.6. The van der Waals surface area contributed by atoms with Crippen LogP contribution in [0.4, 0.5) is 4.39 Å². The summed E-state index contributed by atoms with van der Waals surface area (Å²) in [5.74, 6) is 0.618. The Morgan fingerprint density at radius 2 is 1.86 bits per heavy atom. The first-order valence-electron chi connectivity index (χ1n) is 9.05. The minimum absolute atomic E-state index is 0.283. The summed E-state index contributed by atoms with van der Waals surface area (Å²) >= 11 is 0. The maximum absolute atomic E-state index is 14.4. The Labute approximate surface area is 163 Å². The highest BCUT2D eigenvalue weighted by molar-refractivity contribution is 7.84. The zero-order valence-electron chi connectivity index (χ0n) is 15.2. The van der Waals surface area contributed by atoms with Crippen molar-refractivity contribution >= 4 is 21.7 Å². The van der Waals surface area contributed by atoms with Gasteiger partial charge in [-0.25, -0.2) is 14.4 Å². The second kappa shape index (κ2) is 6.60. The van der Waals surface area contributed by atoms with Crippen molar-refractivity contribution in [1.29, 1.82) is 0 Å². The number of halogens is 1. The molecule has 1 unspecified atom stereocenters. The van der Waals surface area contributed by atoms with Gasteiger partial charge in [-0.15, -0.1) is 0 Å². The maximum atomic E-state index is 14.4. The van der Waals surface area contributed by atoms with E-state index >= 15 is 0 Å². The van der Waals surface area contributed by atoms with Gasteiger partial charge < -0.3 is 0 Å². The van der Waals surface area contributed by atoms with Gasteiger partial charge in [-0.1, -0.05) is 18.2 Å². The van der Waals surface area contributed by atoms with E-state index in [9.17, 15) is 8.60 Å². The van der Waals surface area contributed by atoms with Crippen molar-refractivity contribution < 1.29 is 8.60 Å². The van der Waals surface area contributed by atoms with Crippen molar-refractivity contribution in [3.63, 3.8) is 0 Å². The molecule has 2 heterocycles.